The zero-order valence-electron chi connectivity index (χ0n) is 10.5. The minimum atomic E-state index is 0.0683. The molecule has 1 atom stereocenters. The van der Waals surface area contributed by atoms with Crippen molar-refractivity contribution in [1.82, 2.24) is 0 Å². The van der Waals surface area contributed by atoms with Gasteiger partial charge in [-0.1, -0.05) is 0 Å². The van der Waals surface area contributed by atoms with Crippen LogP contribution in [0.15, 0.2) is 42.5 Å². The van der Waals surface area contributed by atoms with Gasteiger partial charge in [-0.2, -0.15) is 0 Å². The molecule has 0 saturated heterocycles. The first-order chi connectivity index (χ1) is 9.13. The van der Waals surface area contributed by atoms with Crippen LogP contribution in [0.3, 0.4) is 0 Å². The molecule has 1 unspecified atom stereocenters. The lowest BCUT2D eigenvalue weighted by Gasteiger charge is -2.04. The topological polar surface area (TPSA) is 26.3 Å². The Balaban J connectivity index is 1.93. The molecule has 0 spiro atoms. The third kappa shape index (κ3) is 2.52. The van der Waals surface area contributed by atoms with E-state index in [4.69, 9.17) is 4.74 Å². The number of hydrogen-bond acceptors (Lipinski definition) is 2. The van der Waals surface area contributed by atoms with E-state index >= 15 is 0 Å². The summed E-state index contributed by atoms with van der Waals surface area (Å²) in [5.41, 5.74) is 2.59. The van der Waals surface area contributed by atoms with Crippen molar-refractivity contribution in [1.29, 1.82) is 0 Å². The Bertz CT molecular complexity index is 632. The monoisotopic (exact) mass is 364 g/mol. The van der Waals surface area contributed by atoms with Crippen molar-refractivity contribution in [3.8, 4) is 5.75 Å². The van der Waals surface area contributed by atoms with Gasteiger partial charge in [0.25, 0.3) is 0 Å². The van der Waals surface area contributed by atoms with Crippen molar-refractivity contribution < 1.29 is 9.53 Å². The highest BCUT2D eigenvalue weighted by Crippen LogP contribution is 2.30. The Morgan fingerprint density at radius 2 is 1.84 bits per heavy atom. The van der Waals surface area contributed by atoms with Crippen LogP contribution in [0.25, 0.3) is 0 Å². The summed E-state index contributed by atoms with van der Waals surface area (Å²) in [5, 5.41) is 0. The number of carbonyl (C=O) groups excluding carboxylic acids is 1. The standard InChI is InChI=1S/C16H13IO2/c1-10-8-13-9-12(4-7-15(13)19-10)16(18)11-2-5-14(17)6-3-11/h2-7,9-10H,8H2,1H3. The molecule has 0 fully saturated rings. The van der Waals surface area contributed by atoms with E-state index in [2.05, 4.69) is 22.6 Å². The van der Waals surface area contributed by atoms with Gasteiger partial charge in [-0.25, -0.2) is 0 Å². The molecule has 19 heavy (non-hydrogen) atoms. The number of hydrogen-bond donors (Lipinski definition) is 0. The molecule has 1 aliphatic heterocycles. The van der Waals surface area contributed by atoms with E-state index in [1.165, 1.54) is 0 Å². The van der Waals surface area contributed by atoms with E-state index in [9.17, 15) is 4.79 Å². The van der Waals surface area contributed by atoms with Crippen molar-refractivity contribution in [2.45, 2.75) is 19.4 Å². The first-order valence-corrected chi connectivity index (χ1v) is 7.31. The lowest BCUT2D eigenvalue weighted by Crippen LogP contribution is -2.05. The summed E-state index contributed by atoms with van der Waals surface area (Å²) in [6, 6.07) is 13.3. The van der Waals surface area contributed by atoms with Crippen molar-refractivity contribution in [3.05, 3.63) is 62.7 Å². The molecule has 0 aliphatic carbocycles. The fourth-order valence-corrected chi connectivity index (χ4v) is 2.69. The van der Waals surface area contributed by atoms with Crippen LogP contribution < -0.4 is 4.74 Å². The molecule has 1 heterocycles. The van der Waals surface area contributed by atoms with Gasteiger partial charge in [0.1, 0.15) is 11.9 Å². The Labute approximate surface area is 125 Å². The minimum Gasteiger partial charge on any atom is -0.490 e. The van der Waals surface area contributed by atoms with Crippen molar-refractivity contribution >= 4 is 28.4 Å². The largest absolute Gasteiger partial charge is 0.490 e. The Morgan fingerprint density at radius 1 is 1.16 bits per heavy atom. The van der Waals surface area contributed by atoms with Gasteiger partial charge in [0.15, 0.2) is 5.78 Å². The normalized spacial score (nSPS) is 16.8. The van der Waals surface area contributed by atoms with Crippen LogP contribution in [-0.2, 0) is 6.42 Å². The molecule has 0 radical (unpaired) electrons. The van der Waals surface area contributed by atoms with Gasteiger partial charge in [-0.05, 0) is 77.5 Å². The molecule has 3 rings (SSSR count). The fourth-order valence-electron chi connectivity index (χ4n) is 2.33. The highest BCUT2D eigenvalue weighted by molar-refractivity contribution is 14.1. The molecule has 1 aliphatic rings. The summed E-state index contributed by atoms with van der Waals surface area (Å²) in [7, 11) is 0. The van der Waals surface area contributed by atoms with Crippen LogP contribution in [-0.4, -0.2) is 11.9 Å². The number of rotatable bonds is 2. The maximum atomic E-state index is 12.4. The van der Waals surface area contributed by atoms with Crippen LogP contribution in [0.2, 0.25) is 0 Å². The van der Waals surface area contributed by atoms with E-state index < -0.39 is 0 Å². The average molecular weight is 364 g/mol. The van der Waals surface area contributed by atoms with E-state index in [0.717, 1.165) is 32.4 Å². The van der Waals surface area contributed by atoms with Crippen LogP contribution >= 0.6 is 22.6 Å². The lowest BCUT2D eigenvalue weighted by atomic mass is 10.00. The van der Waals surface area contributed by atoms with E-state index in [1.54, 1.807) is 0 Å². The van der Waals surface area contributed by atoms with Gasteiger partial charge in [0.2, 0.25) is 0 Å². The number of fused-ring (bicyclic) bond motifs is 1. The third-order valence-corrected chi connectivity index (χ3v) is 3.98. The van der Waals surface area contributed by atoms with Crippen molar-refractivity contribution in [3.63, 3.8) is 0 Å². The summed E-state index contributed by atoms with van der Waals surface area (Å²) in [6.07, 6.45) is 1.09. The second-order valence-electron chi connectivity index (χ2n) is 4.79. The number of benzene rings is 2. The molecule has 2 aromatic rings. The lowest BCUT2D eigenvalue weighted by molar-refractivity contribution is 0.103. The van der Waals surface area contributed by atoms with Crippen molar-refractivity contribution in [2.24, 2.45) is 0 Å². The van der Waals surface area contributed by atoms with Crippen LogP contribution in [0.4, 0.5) is 0 Å². The highest BCUT2D eigenvalue weighted by Gasteiger charge is 2.20. The van der Waals surface area contributed by atoms with Crippen LogP contribution in [0.1, 0.15) is 28.4 Å². The quantitative estimate of drug-likeness (QED) is 0.598. The average Bonchev–Trinajstić information content (AvgIpc) is 2.77. The molecule has 2 aromatic carbocycles. The zero-order valence-corrected chi connectivity index (χ0v) is 12.7. The third-order valence-electron chi connectivity index (χ3n) is 3.26. The second kappa shape index (κ2) is 4.96. The predicted molar refractivity (Wildman–Crippen MR) is 82.8 cm³/mol. The second-order valence-corrected chi connectivity index (χ2v) is 6.04. The first-order valence-electron chi connectivity index (χ1n) is 6.23. The summed E-state index contributed by atoms with van der Waals surface area (Å²) < 4.78 is 6.78. The Kier molecular flexibility index (Phi) is 3.31. The number of carbonyl (C=O) groups is 1. The summed E-state index contributed by atoms with van der Waals surface area (Å²) in [4.78, 5) is 12.4. The fraction of sp³-hybridized carbons (Fsp3) is 0.188. The molecule has 0 saturated carbocycles. The highest BCUT2D eigenvalue weighted by atomic mass is 127. The molecule has 0 bridgehead atoms. The summed E-state index contributed by atoms with van der Waals surface area (Å²) in [6.45, 7) is 2.04. The van der Waals surface area contributed by atoms with E-state index in [1.807, 2.05) is 49.4 Å². The van der Waals surface area contributed by atoms with Crippen LogP contribution in [0, 0.1) is 3.57 Å². The Morgan fingerprint density at radius 3 is 2.58 bits per heavy atom. The molecule has 0 amide bonds. The zero-order chi connectivity index (χ0) is 13.4. The smallest absolute Gasteiger partial charge is 0.193 e. The first kappa shape index (κ1) is 12.7. The summed E-state index contributed by atoms with van der Waals surface area (Å²) >= 11 is 2.23. The van der Waals surface area contributed by atoms with E-state index in [0.29, 0.717) is 0 Å². The Hall–Kier alpha value is -1.36. The molecule has 0 aromatic heterocycles. The van der Waals surface area contributed by atoms with Gasteiger partial charge in [0.05, 0.1) is 0 Å². The minimum absolute atomic E-state index is 0.0683. The molecule has 3 heteroatoms. The van der Waals surface area contributed by atoms with Gasteiger partial charge in [-0.15, -0.1) is 0 Å². The van der Waals surface area contributed by atoms with Gasteiger partial charge < -0.3 is 4.74 Å². The SMILES string of the molecule is CC1Cc2cc(C(=O)c3ccc(I)cc3)ccc2O1. The van der Waals surface area contributed by atoms with E-state index in [-0.39, 0.29) is 11.9 Å². The maximum Gasteiger partial charge on any atom is 0.193 e. The molecule has 2 nitrogen and oxygen atoms in total. The number of ketones is 1. The predicted octanol–water partition coefficient (Wildman–Crippen LogP) is 3.85. The number of halogens is 1. The molecule has 96 valence electrons. The molecular weight excluding hydrogens is 351 g/mol. The van der Waals surface area contributed by atoms with Gasteiger partial charge >= 0.3 is 0 Å². The van der Waals surface area contributed by atoms with Crippen LogP contribution in [0.5, 0.6) is 5.75 Å². The maximum absolute atomic E-state index is 12.4. The van der Waals surface area contributed by atoms with Gasteiger partial charge in [0, 0.05) is 21.1 Å². The summed E-state index contributed by atoms with van der Waals surface area (Å²) in [5.74, 6) is 0.977. The van der Waals surface area contributed by atoms with Gasteiger partial charge in [-0.3, -0.25) is 4.79 Å². The number of ether oxygens (including phenoxy) is 1. The van der Waals surface area contributed by atoms with Crippen molar-refractivity contribution in [2.75, 3.05) is 0 Å². The molecular formula is C16H13IO2. The molecule has 0 N–H and O–H groups in total.